The van der Waals surface area contributed by atoms with E-state index >= 15 is 0 Å². The number of aliphatic hydroxyl groups is 2. The summed E-state index contributed by atoms with van der Waals surface area (Å²) < 4.78 is 5.16. The maximum atomic E-state index is 9.13. The fourth-order valence-electron chi connectivity index (χ4n) is 1.68. The van der Waals surface area contributed by atoms with Gasteiger partial charge in [0.05, 0.1) is 7.11 Å². The molecule has 2 N–H and O–H groups in total. The molecule has 0 saturated carbocycles. The highest BCUT2D eigenvalue weighted by atomic mass is 16.5. The molecular weight excluding hydrogens is 216 g/mol. The zero-order valence-electron chi connectivity index (χ0n) is 9.50. The SMILES string of the molecule is COc1cccc(-c2cccc(C(O)O)c2)c1. The monoisotopic (exact) mass is 230 g/mol. The molecule has 0 bridgehead atoms. The maximum absolute atomic E-state index is 9.13. The quantitative estimate of drug-likeness (QED) is 0.796. The van der Waals surface area contributed by atoms with Crippen LogP contribution in [0.25, 0.3) is 11.1 Å². The minimum Gasteiger partial charge on any atom is -0.497 e. The number of benzene rings is 2. The van der Waals surface area contributed by atoms with Gasteiger partial charge >= 0.3 is 0 Å². The van der Waals surface area contributed by atoms with Crippen molar-refractivity contribution in [3.63, 3.8) is 0 Å². The number of aliphatic hydroxyl groups excluding tert-OH is 1. The summed E-state index contributed by atoms with van der Waals surface area (Å²) >= 11 is 0. The third-order valence-corrected chi connectivity index (χ3v) is 2.59. The van der Waals surface area contributed by atoms with Gasteiger partial charge < -0.3 is 14.9 Å². The maximum Gasteiger partial charge on any atom is 0.178 e. The van der Waals surface area contributed by atoms with Gasteiger partial charge in [-0.05, 0) is 29.3 Å². The van der Waals surface area contributed by atoms with Crippen LogP contribution in [0.5, 0.6) is 5.75 Å². The Hall–Kier alpha value is -1.84. The highest BCUT2D eigenvalue weighted by Crippen LogP contribution is 2.25. The second-order valence-corrected chi connectivity index (χ2v) is 3.73. The Kier molecular flexibility index (Phi) is 3.42. The van der Waals surface area contributed by atoms with E-state index < -0.39 is 6.29 Å². The van der Waals surface area contributed by atoms with Crippen LogP contribution in [0.4, 0.5) is 0 Å². The highest BCUT2D eigenvalue weighted by molar-refractivity contribution is 5.65. The molecule has 0 saturated heterocycles. The van der Waals surface area contributed by atoms with Crippen molar-refractivity contribution in [3.8, 4) is 16.9 Å². The topological polar surface area (TPSA) is 49.7 Å². The second-order valence-electron chi connectivity index (χ2n) is 3.73. The van der Waals surface area contributed by atoms with Crippen LogP contribution in [0.2, 0.25) is 0 Å². The zero-order valence-corrected chi connectivity index (χ0v) is 9.50. The molecule has 88 valence electrons. The summed E-state index contributed by atoms with van der Waals surface area (Å²) in [6.07, 6.45) is -1.44. The van der Waals surface area contributed by atoms with Gasteiger partial charge in [-0.15, -0.1) is 0 Å². The van der Waals surface area contributed by atoms with Gasteiger partial charge in [0, 0.05) is 5.56 Å². The molecule has 0 spiro atoms. The van der Waals surface area contributed by atoms with Crippen molar-refractivity contribution in [1.82, 2.24) is 0 Å². The normalized spacial score (nSPS) is 10.6. The molecule has 0 amide bonds. The van der Waals surface area contributed by atoms with E-state index in [-0.39, 0.29) is 0 Å². The van der Waals surface area contributed by atoms with E-state index in [1.54, 1.807) is 25.3 Å². The van der Waals surface area contributed by atoms with Crippen molar-refractivity contribution in [1.29, 1.82) is 0 Å². The van der Waals surface area contributed by atoms with Gasteiger partial charge in [-0.3, -0.25) is 0 Å². The molecule has 2 aromatic rings. The van der Waals surface area contributed by atoms with Gasteiger partial charge in [0.25, 0.3) is 0 Å². The van der Waals surface area contributed by atoms with Crippen LogP contribution < -0.4 is 4.74 Å². The average Bonchev–Trinajstić information content (AvgIpc) is 2.39. The van der Waals surface area contributed by atoms with Gasteiger partial charge in [0.2, 0.25) is 0 Å². The summed E-state index contributed by atoms with van der Waals surface area (Å²) in [5, 5.41) is 18.3. The fourth-order valence-corrected chi connectivity index (χ4v) is 1.68. The molecular formula is C14H14O3. The van der Waals surface area contributed by atoms with Crippen LogP contribution >= 0.6 is 0 Å². The van der Waals surface area contributed by atoms with Gasteiger partial charge in [-0.1, -0.05) is 30.3 Å². The Morgan fingerprint density at radius 2 is 1.59 bits per heavy atom. The molecule has 0 aliphatic rings. The molecule has 0 atom stereocenters. The molecule has 0 unspecified atom stereocenters. The second kappa shape index (κ2) is 4.99. The van der Waals surface area contributed by atoms with Gasteiger partial charge in [0.1, 0.15) is 5.75 Å². The summed E-state index contributed by atoms with van der Waals surface area (Å²) in [6, 6.07) is 14.8. The largest absolute Gasteiger partial charge is 0.497 e. The Bertz CT molecular complexity index is 506. The number of ether oxygens (including phenoxy) is 1. The van der Waals surface area contributed by atoms with Crippen molar-refractivity contribution in [2.24, 2.45) is 0 Å². The van der Waals surface area contributed by atoms with Crippen molar-refractivity contribution < 1.29 is 14.9 Å². The van der Waals surface area contributed by atoms with Crippen LogP contribution in [0.3, 0.4) is 0 Å². The zero-order chi connectivity index (χ0) is 12.3. The van der Waals surface area contributed by atoms with Crippen molar-refractivity contribution in [2.45, 2.75) is 6.29 Å². The molecule has 0 aliphatic carbocycles. The lowest BCUT2D eigenvalue weighted by atomic mass is 10.0. The van der Waals surface area contributed by atoms with Gasteiger partial charge in [0.15, 0.2) is 6.29 Å². The highest BCUT2D eigenvalue weighted by Gasteiger charge is 2.05. The number of hydrogen-bond acceptors (Lipinski definition) is 3. The minimum absolute atomic E-state index is 0.477. The molecule has 0 fully saturated rings. The summed E-state index contributed by atoms with van der Waals surface area (Å²) in [5.74, 6) is 0.775. The van der Waals surface area contributed by atoms with Gasteiger partial charge in [-0.25, -0.2) is 0 Å². The van der Waals surface area contributed by atoms with Crippen molar-refractivity contribution in [3.05, 3.63) is 54.1 Å². The van der Waals surface area contributed by atoms with Crippen LogP contribution in [-0.2, 0) is 0 Å². The summed E-state index contributed by atoms with van der Waals surface area (Å²) in [7, 11) is 1.62. The summed E-state index contributed by atoms with van der Waals surface area (Å²) in [6.45, 7) is 0. The molecule has 0 aliphatic heterocycles. The first-order valence-corrected chi connectivity index (χ1v) is 5.31. The lowest BCUT2D eigenvalue weighted by molar-refractivity contribution is -0.0424. The third kappa shape index (κ3) is 2.64. The molecule has 0 heterocycles. The fraction of sp³-hybridized carbons (Fsp3) is 0.143. The molecule has 0 radical (unpaired) electrons. The van der Waals surface area contributed by atoms with Crippen LogP contribution in [0.1, 0.15) is 11.9 Å². The van der Waals surface area contributed by atoms with Crippen LogP contribution in [0.15, 0.2) is 48.5 Å². The predicted octanol–water partition coefficient (Wildman–Crippen LogP) is 2.35. The van der Waals surface area contributed by atoms with Crippen LogP contribution in [0, 0.1) is 0 Å². The Labute approximate surface area is 99.9 Å². The Balaban J connectivity index is 2.41. The number of hydrogen-bond donors (Lipinski definition) is 2. The lowest BCUT2D eigenvalue weighted by Crippen LogP contribution is -1.94. The average molecular weight is 230 g/mol. The molecule has 2 aromatic carbocycles. The van der Waals surface area contributed by atoms with E-state index in [4.69, 9.17) is 14.9 Å². The van der Waals surface area contributed by atoms with E-state index in [9.17, 15) is 0 Å². The molecule has 3 heteroatoms. The minimum atomic E-state index is -1.44. The van der Waals surface area contributed by atoms with E-state index in [0.717, 1.165) is 16.9 Å². The lowest BCUT2D eigenvalue weighted by Gasteiger charge is -2.08. The van der Waals surface area contributed by atoms with E-state index in [1.807, 2.05) is 30.3 Å². The summed E-state index contributed by atoms with van der Waals surface area (Å²) in [5.41, 5.74) is 2.38. The van der Waals surface area contributed by atoms with E-state index in [0.29, 0.717) is 5.56 Å². The number of rotatable bonds is 3. The van der Waals surface area contributed by atoms with E-state index in [1.165, 1.54) is 0 Å². The predicted molar refractivity (Wildman–Crippen MR) is 65.6 cm³/mol. The molecule has 2 rings (SSSR count). The van der Waals surface area contributed by atoms with Crippen molar-refractivity contribution >= 4 is 0 Å². The first-order valence-electron chi connectivity index (χ1n) is 5.31. The third-order valence-electron chi connectivity index (χ3n) is 2.59. The standard InChI is InChI=1S/C14H14O3/c1-17-13-7-3-5-11(9-13)10-4-2-6-12(8-10)14(15)16/h2-9,14-16H,1H3. The number of methoxy groups -OCH3 is 1. The molecule has 3 nitrogen and oxygen atoms in total. The first kappa shape index (κ1) is 11.6. The smallest absolute Gasteiger partial charge is 0.178 e. The van der Waals surface area contributed by atoms with E-state index in [2.05, 4.69) is 0 Å². The molecule has 17 heavy (non-hydrogen) atoms. The summed E-state index contributed by atoms with van der Waals surface area (Å²) in [4.78, 5) is 0. The molecule has 0 aromatic heterocycles. The van der Waals surface area contributed by atoms with Crippen molar-refractivity contribution in [2.75, 3.05) is 7.11 Å². The Morgan fingerprint density at radius 1 is 0.941 bits per heavy atom. The van der Waals surface area contributed by atoms with Crippen LogP contribution in [-0.4, -0.2) is 17.3 Å². The first-order chi connectivity index (χ1) is 8.20. The Morgan fingerprint density at radius 3 is 2.24 bits per heavy atom. The van der Waals surface area contributed by atoms with Gasteiger partial charge in [-0.2, -0.15) is 0 Å².